The van der Waals surface area contributed by atoms with Crippen molar-refractivity contribution >= 4 is 17.3 Å². The molecule has 2 rings (SSSR count). The molecule has 0 heterocycles. The Hall–Kier alpha value is -0.760. The average Bonchev–Trinajstić information content (AvgIpc) is 2.34. The van der Waals surface area contributed by atoms with Crippen molar-refractivity contribution in [2.45, 2.75) is 45.1 Å². The molecular formula is C14H19ClFN. The van der Waals surface area contributed by atoms with E-state index in [4.69, 9.17) is 11.6 Å². The van der Waals surface area contributed by atoms with Crippen LogP contribution >= 0.6 is 11.6 Å². The maximum absolute atomic E-state index is 13.3. The van der Waals surface area contributed by atoms with Crippen LogP contribution in [0, 0.1) is 11.7 Å². The maximum Gasteiger partial charge on any atom is 0.143 e. The van der Waals surface area contributed by atoms with Crippen LogP contribution in [0.5, 0.6) is 0 Å². The van der Waals surface area contributed by atoms with Crippen LogP contribution < -0.4 is 5.32 Å². The number of halogens is 2. The monoisotopic (exact) mass is 255 g/mol. The van der Waals surface area contributed by atoms with Crippen LogP contribution in [-0.4, -0.2) is 6.04 Å². The van der Waals surface area contributed by atoms with E-state index in [9.17, 15) is 4.39 Å². The van der Waals surface area contributed by atoms with Crippen LogP contribution in [0.25, 0.3) is 0 Å². The summed E-state index contributed by atoms with van der Waals surface area (Å²) in [6, 6.07) is 5.44. The Morgan fingerprint density at radius 3 is 2.82 bits per heavy atom. The van der Waals surface area contributed by atoms with Gasteiger partial charge in [0.25, 0.3) is 0 Å². The number of anilines is 1. The number of nitrogens with one attached hydrogen (secondary N) is 1. The van der Waals surface area contributed by atoms with Gasteiger partial charge >= 0.3 is 0 Å². The lowest BCUT2D eigenvalue weighted by molar-refractivity contribution is 0.317. The quantitative estimate of drug-likeness (QED) is 0.813. The minimum atomic E-state index is -0.347. The van der Waals surface area contributed by atoms with Gasteiger partial charge < -0.3 is 5.32 Å². The Morgan fingerprint density at radius 2 is 2.12 bits per heavy atom. The largest absolute Gasteiger partial charge is 0.382 e. The van der Waals surface area contributed by atoms with Gasteiger partial charge in [-0.15, -0.1) is 0 Å². The molecule has 0 amide bonds. The summed E-state index contributed by atoms with van der Waals surface area (Å²) >= 11 is 5.68. The first-order valence-electron chi connectivity index (χ1n) is 6.42. The highest BCUT2D eigenvalue weighted by molar-refractivity contribution is 6.30. The summed E-state index contributed by atoms with van der Waals surface area (Å²) < 4.78 is 13.3. The van der Waals surface area contributed by atoms with Gasteiger partial charge in [-0.3, -0.25) is 0 Å². The molecule has 1 N–H and O–H groups in total. The molecule has 1 nitrogen and oxygen atoms in total. The molecule has 2 unspecified atom stereocenters. The zero-order valence-electron chi connectivity index (χ0n) is 10.2. The third-order valence-corrected chi connectivity index (χ3v) is 4.01. The van der Waals surface area contributed by atoms with Crippen molar-refractivity contribution in [1.29, 1.82) is 0 Å². The number of hydrogen-bond acceptors (Lipinski definition) is 1. The summed E-state index contributed by atoms with van der Waals surface area (Å²) in [6.07, 6.45) is 6.25. The second-order valence-electron chi connectivity index (χ2n) is 4.83. The third kappa shape index (κ3) is 3.12. The standard InChI is InChI=1S/C14H19ClFN/c1-2-10-5-3-4-6-14(10)17-11-7-8-12(15)13(16)9-11/h7-10,14,17H,2-6H2,1H3. The first-order chi connectivity index (χ1) is 8.20. The second-order valence-corrected chi connectivity index (χ2v) is 5.24. The van der Waals surface area contributed by atoms with E-state index in [-0.39, 0.29) is 10.8 Å². The summed E-state index contributed by atoms with van der Waals surface area (Å²) in [5, 5.41) is 3.64. The van der Waals surface area contributed by atoms with Crippen molar-refractivity contribution in [2.75, 3.05) is 5.32 Å². The lowest BCUT2D eigenvalue weighted by Gasteiger charge is -2.32. The van der Waals surface area contributed by atoms with Crippen LogP contribution in [-0.2, 0) is 0 Å². The predicted octanol–water partition coefficient (Wildman–Crippen LogP) is 4.86. The van der Waals surface area contributed by atoms with Gasteiger partial charge in [0.15, 0.2) is 0 Å². The van der Waals surface area contributed by atoms with Gasteiger partial charge in [0.05, 0.1) is 5.02 Å². The molecule has 3 heteroatoms. The molecule has 1 fully saturated rings. The molecular weight excluding hydrogens is 237 g/mol. The van der Waals surface area contributed by atoms with Crippen molar-refractivity contribution in [1.82, 2.24) is 0 Å². The lowest BCUT2D eigenvalue weighted by Crippen LogP contribution is -2.31. The number of hydrogen-bond donors (Lipinski definition) is 1. The molecule has 1 aliphatic rings. The predicted molar refractivity (Wildman–Crippen MR) is 71.1 cm³/mol. The van der Waals surface area contributed by atoms with Gasteiger partial charge in [-0.1, -0.05) is 37.8 Å². The molecule has 0 bridgehead atoms. The van der Waals surface area contributed by atoms with Crippen molar-refractivity contribution in [3.05, 3.63) is 29.0 Å². The molecule has 94 valence electrons. The lowest BCUT2D eigenvalue weighted by atomic mass is 9.83. The zero-order chi connectivity index (χ0) is 12.3. The molecule has 0 spiro atoms. The van der Waals surface area contributed by atoms with E-state index in [1.54, 1.807) is 6.07 Å². The first kappa shape index (κ1) is 12.7. The highest BCUT2D eigenvalue weighted by Gasteiger charge is 2.23. The fourth-order valence-corrected chi connectivity index (χ4v) is 2.80. The van der Waals surface area contributed by atoms with Gasteiger partial charge in [-0.05, 0) is 37.0 Å². The summed E-state index contributed by atoms with van der Waals surface area (Å²) in [5.41, 5.74) is 0.845. The molecule has 0 saturated heterocycles. The Morgan fingerprint density at radius 1 is 1.35 bits per heavy atom. The van der Waals surface area contributed by atoms with Crippen LogP contribution in [0.1, 0.15) is 39.0 Å². The first-order valence-corrected chi connectivity index (χ1v) is 6.80. The van der Waals surface area contributed by atoms with Crippen LogP contribution in [0.3, 0.4) is 0 Å². The molecule has 2 atom stereocenters. The van der Waals surface area contributed by atoms with Gasteiger partial charge in [0, 0.05) is 11.7 Å². The molecule has 0 radical (unpaired) electrons. The van der Waals surface area contributed by atoms with Crippen LogP contribution in [0.2, 0.25) is 5.02 Å². The molecule has 1 saturated carbocycles. The molecule has 17 heavy (non-hydrogen) atoms. The second kappa shape index (κ2) is 5.72. The Kier molecular flexibility index (Phi) is 4.27. The summed E-state index contributed by atoms with van der Waals surface area (Å²) in [6.45, 7) is 2.23. The van der Waals surface area contributed by atoms with Gasteiger partial charge in [-0.25, -0.2) is 4.39 Å². The van der Waals surface area contributed by atoms with E-state index in [2.05, 4.69) is 12.2 Å². The molecule has 1 aromatic carbocycles. The average molecular weight is 256 g/mol. The summed E-state index contributed by atoms with van der Waals surface area (Å²) in [5.74, 6) is 0.364. The van der Waals surface area contributed by atoms with Gasteiger partial charge in [0.2, 0.25) is 0 Å². The zero-order valence-corrected chi connectivity index (χ0v) is 10.9. The number of benzene rings is 1. The van der Waals surface area contributed by atoms with E-state index in [0.717, 1.165) is 5.69 Å². The Bertz CT molecular complexity index is 380. The smallest absolute Gasteiger partial charge is 0.143 e. The topological polar surface area (TPSA) is 12.0 Å². The highest BCUT2D eigenvalue weighted by Crippen LogP contribution is 2.30. The van der Waals surface area contributed by atoms with Crippen LogP contribution in [0.4, 0.5) is 10.1 Å². The van der Waals surface area contributed by atoms with Crippen molar-refractivity contribution in [3.8, 4) is 0 Å². The Balaban J connectivity index is 2.05. The Labute approximate surface area is 107 Å². The maximum atomic E-state index is 13.3. The van der Waals surface area contributed by atoms with Gasteiger partial charge in [0.1, 0.15) is 5.82 Å². The fourth-order valence-electron chi connectivity index (χ4n) is 2.69. The summed E-state index contributed by atoms with van der Waals surface area (Å²) in [7, 11) is 0. The highest BCUT2D eigenvalue weighted by atomic mass is 35.5. The SMILES string of the molecule is CCC1CCCCC1Nc1ccc(Cl)c(F)c1. The molecule has 1 aliphatic carbocycles. The molecule has 0 aliphatic heterocycles. The minimum absolute atomic E-state index is 0.186. The minimum Gasteiger partial charge on any atom is -0.382 e. The van der Waals surface area contributed by atoms with E-state index in [1.165, 1.54) is 38.2 Å². The van der Waals surface area contributed by atoms with E-state index in [0.29, 0.717) is 12.0 Å². The molecule has 0 aromatic heterocycles. The van der Waals surface area contributed by atoms with Gasteiger partial charge in [-0.2, -0.15) is 0 Å². The normalized spacial score (nSPS) is 24.6. The third-order valence-electron chi connectivity index (χ3n) is 3.71. The van der Waals surface area contributed by atoms with Crippen molar-refractivity contribution in [2.24, 2.45) is 5.92 Å². The fraction of sp³-hybridized carbons (Fsp3) is 0.571. The van der Waals surface area contributed by atoms with Crippen LogP contribution in [0.15, 0.2) is 18.2 Å². The summed E-state index contributed by atoms with van der Waals surface area (Å²) in [4.78, 5) is 0. The van der Waals surface area contributed by atoms with Crippen molar-refractivity contribution < 1.29 is 4.39 Å². The van der Waals surface area contributed by atoms with Crippen molar-refractivity contribution in [3.63, 3.8) is 0 Å². The van der Waals surface area contributed by atoms with E-state index >= 15 is 0 Å². The van der Waals surface area contributed by atoms with E-state index in [1.807, 2.05) is 6.07 Å². The number of rotatable bonds is 3. The van der Waals surface area contributed by atoms with E-state index < -0.39 is 0 Å². The molecule has 1 aromatic rings.